The summed E-state index contributed by atoms with van der Waals surface area (Å²) in [5.41, 5.74) is -0.460. The molecule has 0 fully saturated rings. The maximum absolute atomic E-state index is 13.9. The number of anilines is 1. The molecule has 184 valence electrons. The smallest absolute Gasteiger partial charge is 0.319 e. The van der Waals surface area contributed by atoms with Crippen LogP contribution in [0, 0.1) is 18.3 Å². The molecule has 4 aromatic rings. The van der Waals surface area contributed by atoms with Crippen LogP contribution in [-0.2, 0) is 22.4 Å². The highest BCUT2D eigenvalue weighted by Crippen LogP contribution is 2.36. The second kappa shape index (κ2) is 9.10. The van der Waals surface area contributed by atoms with Gasteiger partial charge in [-0.15, -0.1) is 0 Å². The quantitative estimate of drug-likeness (QED) is 0.393. The fourth-order valence-electron chi connectivity index (χ4n) is 3.60. The van der Waals surface area contributed by atoms with E-state index >= 15 is 0 Å². The van der Waals surface area contributed by atoms with E-state index in [0.29, 0.717) is 16.5 Å². The lowest BCUT2D eigenvalue weighted by Crippen LogP contribution is -2.19. The third-order valence-electron chi connectivity index (χ3n) is 5.42. The first-order valence-corrected chi connectivity index (χ1v) is 12.2. The zero-order chi connectivity index (χ0) is 26.3. The Morgan fingerprint density at radius 3 is 2.50 bits per heavy atom. The van der Waals surface area contributed by atoms with Gasteiger partial charge in [-0.1, -0.05) is 30.3 Å². The molecular weight excluding hydrogens is 493 g/mol. The van der Waals surface area contributed by atoms with Gasteiger partial charge in [-0.2, -0.15) is 23.5 Å². The molecule has 0 radical (unpaired) electrons. The van der Waals surface area contributed by atoms with Gasteiger partial charge in [-0.3, -0.25) is 14.6 Å². The molecule has 0 aliphatic carbocycles. The average molecular weight is 513 g/mol. The fraction of sp³-hybridized carbons (Fsp3) is 0.125. The molecule has 8 nitrogen and oxygen atoms in total. The lowest BCUT2D eigenvalue weighted by atomic mass is 10.1. The number of amides is 1. The van der Waals surface area contributed by atoms with Crippen LogP contribution in [0.3, 0.4) is 0 Å². The van der Waals surface area contributed by atoms with Crippen molar-refractivity contribution in [3.8, 4) is 6.07 Å². The van der Waals surface area contributed by atoms with Crippen LogP contribution in [0.2, 0.25) is 0 Å². The Labute approximate surface area is 204 Å². The number of nitriles is 1. The van der Waals surface area contributed by atoms with Crippen LogP contribution in [-0.4, -0.2) is 30.8 Å². The minimum atomic E-state index is -4.85. The normalized spacial score (nSPS) is 13.2. The van der Waals surface area contributed by atoms with Crippen LogP contribution in [0.25, 0.3) is 10.9 Å². The number of pyridine rings is 1. The van der Waals surface area contributed by atoms with Crippen LogP contribution in [0.15, 0.2) is 59.6 Å². The SMILES string of the molecule is C=S(N)(=O)c1cc(C(=O)Nc2c(C(F)(F)F)nn(Cc3ccc(C#N)cc3)c2C)c2ccccc2n1. The number of nitrogens with two attached hydrogens (primary N) is 1. The number of hydrogen-bond acceptors (Lipinski definition) is 5. The van der Waals surface area contributed by atoms with E-state index in [0.717, 1.165) is 10.7 Å². The molecule has 36 heavy (non-hydrogen) atoms. The summed E-state index contributed by atoms with van der Waals surface area (Å²) < 4.78 is 55.0. The molecule has 0 spiro atoms. The summed E-state index contributed by atoms with van der Waals surface area (Å²) in [6, 6.07) is 15.8. The second-order valence-electron chi connectivity index (χ2n) is 7.98. The van der Waals surface area contributed by atoms with E-state index in [2.05, 4.69) is 21.3 Å². The molecule has 0 bridgehead atoms. The molecule has 0 saturated carbocycles. The zero-order valence-electron chi connectivity index (χ0n) is 18.8. The first-order valence-electron chi connectivity index (χ1n) is 10.4. The van der Waals surface area contributed by atoms with Crippen molar-refractivity contribution in [3.05, 3.63) is 82.7 Å². The number of alkyl halides is 3. The van der Waals surface area contributed by atoms with Crippen LogP contribution >= 0.6 is 0 Å². The van der Waals surface area contributed by atoms with Crippen molar-refractivity contribution in [1.82, 2.24) is 14.8 Å². The number of nitrogens with one attached hydrogen (secondary N) is 1. The van der Waals surface area contributed by atoms with E-state index in [9.17, 15) is 22.2 Å². The predicted octanol–water partition coefficient (Wildman–Crippen LogP) is 3.88. The number of hydrogen-bond donors (Lipinski definition) is 2. The largest absolute Gasteiger partial charge is 0.437 e. The second-order valence-corrected chi connectivity index (χ2v) is 9.85. The van der Waals surface area contributed by atoms with Crippen LogP contribution in [0.4, 0.5) is 18.9 Å². The van der Waals surface area contributed by atoms with E-state index in [1.807, 2.05) is 6.07 Å². The van der Waals surface area contributed by atoms with Crippen molar-refractivity contribution >= 4 is 38.1 Å². The number of aromatic nitrogens is 3. The lowest BCUT2D eigenvalue weighted by molar-refractivity contribution is -0.140. The van der Waals surface area contributed by atoms with Gasteiger partial charge in [0.1, 0.15) is 5.03 Å². The number of rotatable bonds is 5. The Kier molecular flexibility index (Phi) is 6.30. The Balaban J connectivity index is 1.77. The lowest BCUT2D eigenvalue weighted by Gasteiger charge is -2.12. The number of halogens is 3. The van der Waals surface area contributed by atoms with Crippen LogP contribution in [0.5, 0.6) is 0 Å². The molecule has 0 saturated heterocycles. The van der Waals surface area contributed by atoms with Gasteiger partial charge < -0.3 is 5.32 Å². The van der Waals surface area contributed by atoms with Crippen molar-refractivity contribution < 1.29 is 22.2 Å². The van der Waals surface area contributed by atoms with Crippen LogP contribution in [0.1, 0.15) is 32.9 Å². The number of carbonyl (C=O) groups excluding carboxylic acids is 1. The summed E-state index contributed by atoms with van der Waals surface area (Å²) in [5, 5.41) is 20.8. The van der Waals surface area contributed by atoms with Gasteiger partial charge in [0.15, 0.2) is 5.69 Å². The molecule has 2 heterocycles. The number of fused-ring (bicyclic) bond motifs is 1. The predicted molar refractivity (Wildman–Crippen MR) is 130 cm³/mol. The van der Waals surface area contributed by atoms with E-state index in [1.54, 1.807) is 48.5 Å². The van der Waals surface area contributed by atoms with E-state index < -0.39 is 33.2 Å². The molecule has 2 aromatic heterocycles. The summed E-state index contributed by atoms with van der Waals surface area (Å²) >= 11 is 0. The van der Waals surface area contributed by atoms with Crippen molar-refractivity contribution in [3.63, 3.8) is 0 Å². The van der Waals surface area contributed by atoms with Crippen molar-refractivity contribution in [2.45, 2.75) is 24.7 Å². The Morgan fingerprint density at radius 2 is 1.89 bits per heavy atom. The Morgan fingerprint density at radius 1 is 1.22 bits per heavy atom. The first kappa shape index (κ1) is 24.9. The van der Waals surface area contributed by atoms with Gasteiger partial charge in [0.25, 0.3) is 5.91 Å². The minimum absolute atomic E-state index is 0.0183. The monoisotopic (exact) mass is 512 g/mol. The maximum atomic E-state index is 13.9. The first-order chi connectivity index (χ1) is 16.9. The summed E-state index contributed by atoms with van der Waals surface area (Å²) in [6.07, 6.45) is -4.85. The minimum Gasteiger partial charge on any atom is -0.319 e. The number of carbonyl (C=O) groups is 1. The topological polar surface area (TPSA) is 127 Å². The average Bonchev–Trinajstić information content (AvgIpc) is 3.13. The molecule has 0 aliphatic rings. The maximum Gasteiger partial charge on any atom is 0.437 e. The number of nitrogens with zero attached hydrogens (tertiary/aromatic N) is 4. The molecule has 1 unspecified atom stereocenters. The molecule has 1 atom stereocenters. The van der Waals surface area contributed by atoms with Crippen molar-refractivity contribution in [1.29, 1.82) is 5.26 Å². The summed E-state index contributed by atoms with van der Waals surface area (Å²) in [6.45, 7) is 1.38. The molecule has 2 aromatic carbocycles. The van der Waals surface area contributed by atoms with Gasteiger partial charge in [-0.05, 0) is 42.6 Å². The highest BCUT2D eigenvalue weighted by atomic mass is 32.2. The van der Waals surface area contributed by atoms with Crippen molar-refractivity contribution in [2.75, 3.05) is 5.32 Å². The highest BCUT2D eigenvalue weighted by molar-refractivity contribution is 7.98. The Bertz CT molecular complexity index is 1640. The van der Waals surface area contributed by atoms with Crippen LogP contribution < -0.4 is 10.5 Å². The zero-order valence-corrected chi connectivity index (χ0v) is 19.7. The standard InChI is InChI=1S/C24H19F3N6O2S/c1-14-21(22(24(25,26)27)32-33(14)13-16-9-7-15(12-28)8-10-16)31-23(34)18-11-20(36(2,29)35)30-19-6-4-3-5-17(18)19/h3-11H,2,13H2,1H3,(H2,29,35)(H,31,34). The third kappa shape index (κ3) is 4.93. The molecule has 0 aliphatic heterocycles. The summed E-state index contributed by atoms with van der Waals surface area (Å²) in [7, 11) is -3.31. The van der Waals surface area contributed by atoms with Crippen molar-refractivity contribution in [2.24, 2.45) is 5.14 Å². The van der Waals surface area contributed by atoms with Gasteiger partial charge in [-0.25, -0.2) is 9.19 Å². The Hall–Kier alpha value is -4.21. The van der Waals surface area contributed by atoms with Gasteiger partial charge >= 0.3 is 6.18 Å². The highest BCUT2D eigenvalue weighted by Gasteiger charge is 2.39. The van der Waals surface area contributed by atoms with Gasteiger partial charge in [0.2, 0.25) is 0 Å². The van der Waals surface area contributed by atoms with Gasteiger partial charge in [0.05, 0.1) is 50.3 Å². The summed E-state index contributed by atoms with van der Waals surface area (Å²) in [5.74, 6) is 2.49. The van der Waals surface area contributed by atoms with E-state index in [1.165, 1.54) is 6.92 Å². The molecule has 12 heteroatoms. The number of benzene rings is 2. The molecule has 3 N–H and O–H groups in total. The van der Waals surface area contributed by atoms with Gasteiger partial charge in [0, 0.05) is 5.39 Å². The number of para-hydroxylation sites is 1. The van der Waals surface area contributed by atoms with E-state index in [4.69, 9.17) is 10.4 Å². The third-order valence-corrected chi connectivity index (χ3v) is 6.34. The molecular formula is C24H19F3N6O2S. The summed E-state index contributed by atoms with van der Waals surface area (Å²) in [4.78, 5) is 17.4. The molecule has 4 rings (SSSR count). The van der Waals surface area contributed by atoms with E-state index in [-0.39, 0.29) is 28.3 Å². The fourth-order valence-corrected chi connectivity index (χ4v) is 4.17. The molecule has 1 amide bonds.